The Morgan fingerprint density at radius 2 is 1.31 bits per heavy atom. The number of aromatic hydroxyl groups is 1. The first kappa shape index (κ1) is 11.2. The molecule has 70 valence electrons. The van der Waals surface area contributed by atoms with Crippen molar-refractivity contribution in [1.82, 2.24) is 0 Å². The van der Waals surface area contributed by atoms with Crippen molar-refractivity contribution in [2.45, 2.75) is 0 Å². The van der Waals surface area contributed by atoms with Crippen LogP contribution < -0.4 is 0 Å². The van der Waals surface area contributed by atoms with Gasteiger partial charge in [0.15, 0.2) is 17.4 Å². The molecule has 0 spiro atoms. The fourth-order valence-corrected chi connectivity index (χ4v) is 0.561. The zero-order valence-electron chi connectivity index (χ0n) is 6.06. The molecule has 0 atom stereocenters. The zero-order valence-corrected chi connectivity index (χ0v) is 6.06. The van der Waals surface area contributed by atoms with E-state index in [1.54, 1.807) is 0 Å². The topological polar surface area (TPSA) is 44.0 Å². The minimum atomic E-state index is -1.79. The number of halogens is 4. The fourth-order valence-electron chi connectivity index (χ4n) is 0.561. The molecule has 1 aromatic carbocycles. The van der Waals surface area contributed by atoms with E-state index in [1.165, 1.54) is 0 Å². The van der Waals surface area contributed by atoms with E-state index in [-0.39, 0.29) is 6.07 Å². The second kappa shape index (κ2) is 4.30. The predicted octanol–water partition coefficient (Wildman–Crippen LogP) is 2.09. The summed E-state index contributed by atoms with van der Waals surface area (Å²) in [6, 6.07) is 0.0182. The van der Waals surface area contributed by atoms with E-state index in [2.05, 4.69) is 6.57 Å². The highest BCUT2D eigenvalue weighted by atomic mass is 19.2. The largest absolute Gasteiger partial charge is 0.503 e. The average molecular weight is 193 g/mol. The molecule has 0 aliphatic carbocycles. The lowest BCUT2D eigenvalue weighted by atomic mass is 10.3. The molecule has 0 aromatic heterocycles. The number of rotatable bonds is 0. The maximum absolute atomic E-state index is 12.1. The number of hydrogen-bond donors (Lipinski definition) is 1. The Balaban J connectivity index is 0.000000671. The molecule has 0 radical (unpaired) electrons. The van der Waals surface area contributed by atoms with Gasteiger partial charge in [0.2, 0.25) is 11.6 Å². The van der Waals surface area contributed by atoms with Crippen molar-refractivity contribution >= 4 is 0 Å². The predicted molar refractivity (Wildman–Crippen MR) is 34.6 cm³/mol. The van der Waals surface area contributed by atoms with Crippen molar-refractivity contribution in [2.75, 3.05) is 0 Å². The molecule has 0 bridgehead atoms. The molecule has 0 amide bonds. The second-order valence-corrected chi connectivity index (χ2v) is 1.82. The standard InChI is InChI=1S/C6H2F4O.CHN/c7-2-1-3(8)5(10)6(11)4(2)9;1-2/h1,11H;1H. The van der Waals surface area contributed by atoms with Crippen LogP contribution in [-0.2, 0) is 0 Å². The fraction of sp³-hybridized carbons (Fsp3) is 0. The molecule has 6 heteroatoms. The van der Waals surface area contributed by atoms with Crippen LogP contribution in [0.1, 0.15) is 0 Å². The molecular weight excluding hydrogens is 190 g/mol. The first-order valence-corrected chi connectivity index (χ1v) is 2.82. The van der Waals surface area contributed by atoms with Crippen LogP contribution in [0.25, 0.3) is 0 Å². The van der Waals surface area contributed by atoms with Crippen molar-refractivity contribution in [1.29, 1.82) is 5.26 Å². The molecule has 1 aromatic rings. The van der Waals surface area contributed by atoms with Gasteiger partial charge >= 0.3 is 0 Å². The van der Waals surface area contributed by atoms with E-state index in [0.717, 1.165) is 0 Å². The van der Waals surface area contributed by atoms with Gasteiger partial charge in [0.1, 0.15) is 0 Å². The Bertz CT molecular complexity index is 311. The first-order valence-electron chi connectivity index (χ1n) is 2.82. The van der Waals surface area contributed by atoms with Gasteiger partial charge < -0.3 is 5.11 Å². The van der Waals surface area contributed by atoms with Crippen molar-refractivity contribution in [3.05, 3.63) is 29.3 Å². The smallest absolute Gasteiger partial charge is 0.203 e. The van der Waals surface area contributed by atoms with Gasteiger partial charge in [-0.2, -0.15) is 8.78 Å². The van der Waals surface area contributed by atoms with Gasteiger partial charge in [-0.3, -0.25) is 0 Å². The van der Waals surface area contributed by atoms with E-state index < -0.39 is 29.0 Å². The number of hydrogen-bond acceptors (Lipinski definition) is 2. The van der Waals surface area contributed by atoms with Gasteiger partial charge in [0.05, 0.1) is 0 Å². The van der Waals surface area contributed by atoms with Crippen LogP contribution in [0.15, 0.2) is 6.07 Å². The summed E-state index contributed by atoms with van der Waals surface area (Å²) < 4.78 is 48.4. The third-order valence-corrected chi connectivity index (χ3v) is 1.09. The van der Waals surface area contributed by atoms with Crippen molar-refractivity contribution in [3.8, 4) is 12.3 Å². The molecule has 0 saturated carbocycles. The lowest BCUT2D eigenvalue weighted by Gasteiger charge is -1.98. The lowest BCUT2D eigenvalue weighted by Crippen LogP contribution is -1.92. The normalized spacial score (nSPS) is 8.77. The summed E-state index contributed by atoms with van der Waals surface area (Å²) in [5.41, 5.74) is 0. The highest BCUT2D eigenvalue weighted by Crippen LogP contribution is 2.24. The maximum Gasteiger partial charge on any atom is 0.203 e. The molecule has 2 nitrogen and oxygen atoms in total. The van der Waals surface area contributed by atoms with Gasteiger partial charge in [-0.05, 0) is 0 Å². The molecule has 1 rings (SSSR count). The molecule has 0 aliphatic heterocycles. The van der Waals surface area contributed by atoms with E-state index in [0.29, 0.717) is 0 Å². The molecule has 0 unspecified atom stereocenters. The highest BCUT2D eigenvalue weighted by Gasteiger charge is 2.17. The lowest BCUT2D eigenvalue weighted by molar-refractivity contribution is 0.356. The molecule has 1 N–H and O–H groups in total. The Morgan fingerprint density at radius 3 is 1.62 bits per heavy atom. The first-order chi connectivity index (χ1) is 6.04. The number of nitriles is 1. The minimum Gasteiger partial charge on any atom is -0.503 e. The number of nitrogens with zero attached hydrogens (tertiary/aromatic N) is 1. The number of phenolic OH excluding ortho intramolecular Hbond substituents is 1. The van der Waals surface area contributed by atoms with Crippen LogP contribution in [0, 0.1) is 35.1 Å². The van der Waals surface area contributed by atoms with Gasteiger partial charge in [-0.1, -0.05) is 0 Å². The maximum atomic E-state index is 12.1. The van der Waals surface area contributed by atoms with Gasteiger partial charge in [0.25, 0.3) is 0 Å². The summed E-state index contributed by atoms with van der Waals surface area (Å²) in [4.78, 5) is 0. The van der Waals surface area contributed by atoms with Crippen LogP contribution in [0.3, 0.4) is 0 Å². The van der Waals surface area contributed by atoms with E-state index >= 15 is 0 Å². The summed E-state index contributed by atoms with van der Waals surface area (Å²) >= 11 is 0. The van der Waals surface area contributed by atoms with Crippen LogP contribution >= 0.6 is 0 Å². The Labute approximate surface area is 70.7 Å². The van der Waals surface area contributed by atoms with Gasteiger partial charge in [0, 0.05) is 12.6 Å². The number of phenols is 1. The summed E-state index contributed by atoms with van der Waals surface area (Å²) in [5, 5.41) is 14.8. The summed E-state index contributed by atoms with van der Waals surface area (Å²) in [7, 11) is 0. The number of benzene rings is 1. The van der Waals surface area contributed by atoms with Crippen LogP contribution in [0.5, 0.6) is 5.75 Å². The monoisotopic (exact) mass is 193 g/mol. The average Bonchev–Trinajstić information content (AvgIpc) is 2.15. The van der Waals surface area contributed by atoms with Crippen molar-refractivity contribution < 1.29 is 22.7 Å². The quantitative estimate of drug-likeness (QED) is 0.506. The van der Waals surface area contributed by atoms with Crippen LogP contribution in [0.2, 0.25) is 0 Å². The molecule has 0 saturated heterocycles. The van der Waals surface area contributed by atoms with Crippen LogP contribution in [-0.4, -0.2) is 5.11 Å². The van der Waals surface area contributed by atoms with E-state index in [4.69, 9.17) is 10.4 Å². The second-order valence-electron chi connectivity index (χ2n) is 1.82. The molecule has 13 heavy (non-hydrogen) atoms. The molecule has 0 aliphatic rings. The van der Waals surface area contributed by atoms with E-state index in [1.807, 2.05) is 0 Å². The molecular formula is C7H3F4NO. The van der Waals surface area contributed by atoms with Gasteiger partial charge in [-0.25, -0.2) is 14.0 Å². The van der Waals surface area contributed by atoms with Crippen molar-refractivity contribution in [2.24, 2.45) is 0 Å². The van der Waals surface area contributed by atoms with Gasteiger partial charge in [-0.15, -0.1) is 0 Å². The summed E-state index contributed by atoms with van der Waals surface area (Å²) in [6.45, 7) is 3.50. The highest BCUT2D eigenvalue weighted by molar-refractivity contribution is 5.26. The van der Waals surface area contributed by atoms with E-state index in [9.17, 15) is 17.6 Å². The Hall–Kier alpha value is -1.77. The van der Waals surface area contributed by atoms with Crippen LogP contribution in [0.4, 0.5) is 17.6 Å². The summed E-state index contributed by atoms with van der Waals surface area (Å²) in [5.74, 6) is -8.46. The molecule has 0 fully saturated rings. The Morgan fingerprint density at radius 1 is 1.00 bits per heavy atom. The zero-order chi connectivity index (χ0) is 10.6. The molecule has 0 heterocycles. The SMILES string of the molecule is C#N.Oc1c(F)c(F)cc(F)c1F. The Kier molecular flexibility index (Phi) is 3.72. The minimum absolute atomic E-state index is 0.0182. The third-order valence-electron chi connectivity index (χ3n) is 1.09. The van der Waals surface area contributed by atoms with Crippen molar-refractivity contribution in [3.63, 3.8) is 0 Å². The third kappa shape index (κ3) is 2.08. The summed E-state index contributed by atoms with van der Waals surface area (Å²) in [6.07, 6.45) is 0.